The summed E-state index contributed by atoms with van der Waals surface area (Å²) in [6.07, 6.45) is 4.69. The quantitative estimate of drug-likeness (QED) is 0.163. The van der Waals surface area contributed by atoms with Gasteiger partial charge in [-0.05, 0) is 91.1 Å². The zero-order valence-electron chi connectivity index (χ0n) is 32.1. The van der Waals surface area contributed by atoms with Crippen LogP contribution in [0.25, 0.3) is 83.7 Å². The Morgan fingerprint density at radius 2 is 0.793 bits per heavy atom. The molecule has 58 heavy (non-hydrogen) atoms. The highest BCUT2D eigenvalue weighted by atomic mass is 15.3. The number of benzene rings is 6. The van der Waals surface area contributed by atoms with Gasteiger partial charge in [-0.1, -0.05) is 115 Å². The molecule has 0 saturated heterocycles. The lowest BCUT2D eigenvalue weighted by atomic mass is 9.98. The Bertz CT molecular complexity index is 3010. The van der Waals surface area contributed by atoms with Crippen LogP contribution in [0.15, 0.2) is 176 Å². The molecule has 7 nitrogen and oxygen atoms in total. The minimum Gasteiger partial charge on any atom is -0.294 e. The molecule has 7 heteroatoms. The first-order valence-electron chi connectivity index (χ1n) is 19.6. The van der Waals surface area contributed by atoms with Crippen LogP contribution in [0.1, 0.15) is 22.3 Å². The second-order valence-corrected chi connectivity index (χ2v) is 15.0. The summed E-state index contributed by atoms with van der Waals surface area (Å²) < 4.78 is 6.65. The zero-order chi connectivity index (χ0) is 38.7. The van der Waals surface area contributed by atoms with Crippen molar-refractivity contribution in [1.29, 1.82) is 0 Å². The molecule has 0 atom stereocenters. The van der Waals surface area contributed by atoms with Crippen molar-refractivity contribution in [3.63, 3.8) is 0 Å². The molecule has 0 aliphatic carbocycles. The number of para-hydroxylation sites is 4. The maximum Gasteiger partial charge on any atom is 0.170 e. The maximum absolute atomic E-state index is 5.08. The van der Waals surface area contributed by atoms with E-state index in [0.29, 0.717) is 11.6 Å². The van der Waals surface area contributed by atoms with Crippen molar-refractivity contribution in [2.75, 3.05) is 0 Å². The summed E-state index contributed by atoms with van der Waals surface area (Å²) in [5.41, 5.74) is 12.1. The second kappa shape index (κ2) is 13.5. The van der Waals surface area contributed by atoms with Crippen LogP contribution in [0.5, 0.6) is 0 Å². The van der Waals surface area contributed by atoms with Crippen molar-refractivity contribution in [3.05, 3.63) is 198 Å². The molecule has 0 aliphatic heterocycles. The van der Waals surface area contributed by atoms with Gasteiger partial charge < -0.3 is 0 Å². The van der Waals surface area contributed by atoms with Gasteiger partial charge in [0.15, 0.2) is 11.6 Å². The monoisotopic (exact) mass is 747 g/mol. The predicted molar refractivity (Wildman–Crippen MR) is 235 cm³/mol. The van der Waals surface area contributed by atoms with E-state index < -0.39 is 0 Å². The topological polar surface area (TPSA) is 66.3 Å². The molecule has 5 heterocycles. The van der Waals surface area contributed by atoms with Crippen LogP contribution in [-0.4, -0.2) is 33.9 Å². The minimum absolute atomic E-state index is 0.713. The Morgan fingerprint density at radius 1 is 0.397 bits per heavy atom. The third-order valence-electron chi connectivity index (χ3n) is 11.3. The third kappa shape index (κ3) is 5.43. The summed E-state index contributed by atoms with van der Waals surface area (Å²) in [5.74, 6) is 3.11. The maximum atomic E-state index is 5.08. The number of fused-ring (bicyclic) bond motifs is 6. The van der Waals surface area contributed by atoms with E-state index in [0.717, 1.165) is 68.1 Å². The van der Waals surface area contributed by atoms with E-state index in [2.05, 4.69) is 191 Å². The number of pyridine rings is 2. The van der Waals surface area contributed by atoms with Gasteiger partial charge in [0.2, 0.25) is 0 Å². The molecule has 0 saturated carbocycles. The van der Waals surface area contributed by atoms with E-state index in [9.17, 15) is 0 Å². The number of hydrogen-bond donors (Lipinski definition) is 0. The number of nitrogens with zero attached hydrogens (tertiary/aromatic N) is 7. The molecule has 0 N–H and O–H groups in total. The van der Waals surface area contributed by atoms with E-state index in [1.165, 1.54) is 32.7 Å². The standard InChI is InChI=1S/C51H37N7/c1-33-28-36(30-35-14-4-3-5-15-35)29-34(2)49(33)58-50(37-24-26-47(52-31-37)56-43-20-10-6-16-39(43)40-17-7-11-21-44(40)56)54-55-51(58)38-25-27-48(53-32-38)57-45-22-12-8-18-41(45)42-19-9-13-23-46(42)57/h3-29,31-32H,30H2,1-2H3. The van der Waals surface area contributed by atoms with Crippen molar-refractivity contribution in [3.8, 4) is 40.1 Å². The number of rotatable bonds is 7. The molecule has 0 bridgehead atoms. The Kier molecular flexibility index (Phi) is 7.86. The van der Waals surface area contributed by atoms with Crippen LogP contribution in [-0.2, 0) is 6.42 Å². The first-order chi connectivity index (χ1) is 28.6. The summed E-state index contributed by atoms with van der Waals surface area (Å²) in [5, 5.41) is 14.6. The van der Waals surface area contributed by atoms with Crippen molar-refractivity contribution in [2.24, 2.45) is 0 Å². The molecule has 0 fully saturated rings. The molecular formula is C51H37N7. The Balaban J connectivity index is 1.05. The second-order valence-electron chi connectivity index (χ2n) is 15.0. The van der Waals surface area contributed by atoms with Gasteiger partial charge in [-0.15, -0.1) is 10.2 Å². The summed E-state index contributed by atoms with van der Waals surface area (Å²) >= 11 is 0. The van der Waals surface area contributed by atoms with E-state index >= 15 is 0 Å². The van der Waals surface area contributed by atoms with Gasteiger partial charge in [-0.3, -0.25) is 13.7 Å². The first kappa shape index (κ1) is 33.7. The van der Waals surface area contributed by atoms with Crippen LogP contribution in [0.4, 0.5) is 0 Å². The largest absolute Gasteiger partial charge is 0.294 e. The Morgan fingerprint density at radius 3 is 1.19 bits per heavy atom. The van der Waals surface area contributed by atoms with Crippen LogP contribution in [0, 0.1) is 13.8 Å². The molecule has 11 rings (SSSR count). The molecule has 5 aromatic heterocycles. The minimum atomic E-state index is 0.713. The average molecular weight is 748 g/mol. The molecular weight excluding hydrogens is 711 g/mol. The molecule has 0 spiro atoms. The lowest BCUT2D eigenvalue weighted by molar-refractivity contribution is 1.01. The Hall–Kier alpha value is -7.64. The van der Waals surface area contributed by atoms with Gasteiger partial charge in [0.05, 0.1) is 27.8 Å². The number of aromatic nitrogens is 7. The zero-order valence-corrected chi connectivity index (χ0v) is 32.1. The van der Waals surface area contributed by atoms with Crippen LogP contribution in [0.2, 0.25) is 0 Å². The highest BCUT2D eigenvalue weighted by Crippen LogP contribution is 2.36. The van der Waals surface area contributed by atoms with Crippen LogP contribution >= 0.6 is 0 Å². The van der Waals surface area contributed by atoms with E-state index in [1.807, 2.05) is 12.4 Å². The lowest BCUT2D eigenvalue weighted by Crippen LogP contribution is -2.07. The fraction of sp³-hybridized carbons (Fsp3) is 0.0588. The molecule has 0 radical (unpaired) electrons. The van der Waals surface area contributed by atoms with Gasteiger partial charge in [-0.25, -0.2) is 9.97 Å². The third-order valence-corrected chi connectivity index (χ3v) is 11.3. The summed E-state index contributed by atoms with van der Waals surface area (Å²) in [4.78, 5) is 10.2. The highest BCUT2D eigenvalue weighted by Gasteiger charge is 2.22. The smallest absolute Gasteiger partial charge is 0.170 e. The number of hydrogen-bond acceptors (Lipinski definition) is 4. The van der Waals surface area contributed by atoms with Crippen molar-refractivity contribution in [2.45, 2.75) is 20.3 Å². The van der Waals surface area contributed by atoms with Crippen molar-refractivity contribution < 1.29 is 0 Å². The fourth-order valence-electron chi connectivity index (χ4n) is 8.84. The lowest BCUT2D eigenvalue weighted by Gasteiger charge is -2.18. The van der Waals surface area contributed by atoms with E-state index in [1.54, 1.807) is 0 Å². The van der Waals surface area contributed by atoms with Crippen LogP contribution in [0.3, 0.4) is 0 Å². The molecule has 276 valence electrons. The number of aryl methyl sites for hydroxylation is 2. The van der Waals surface area contributed by atoms with Crippen molar-refractivity contribution in [1.82, 2.24) is 33.9 Å². The van der Waals surface area contributed by atoms with Gasteiger partial charge in [-0.2, -0.15) is 0 Å². The van der Waals surface area contributed by atoms with Gasteiger partial charge in [0.25, 0.3) is 0 Å². The van der Waals surface area contributed by atoms with E-state index in [4.69, 9.17) is 20.2 Å². The summed E-state index contributed by atoms with van der Waals surface area (Å²) in [6.45, 7) is 4.36. The summed E-state index contributed by atoms with van der Waals surface area (Å²) in [7, 11) is 0. The van der Waals surface area contributed by atoms with Crippen molar-refractivity contribution >= 4 is 43.6 Å². The van der Waals surface area contributed by atoms with Gasteiger partial charge in [0, 0.05) is 45.1 Å². The molecule has 0 amide bonds. The normalized spacial score (nSPS) is 11.7. The molecule has 11 aromatic rings. The SMILES string of the molecule is Cc1cc(Cc2ccccc2)cc(C)c1-n1c(-c2ccc(-n3c4ccccc4c4ccccc43)nc2)nnc1-c1ccc(-n2c3ccccc3c3ccccc32)nc1. The fourth-order valence-corrected chi connectivity index (χ4v) is 8.84. The summed E-state index contributed by atoms with van der Waals surface area (Å²) in [6, 6.07) is 57.6. The molecule has 6 aromatic carbocycles. The highest BCUT2D eigenvalue weighted by molar-refractivity contribution is 6.10. The Labute approximate surface area is 335 Å². The van der Waals surface area contributed by atoms with Crippen LogP contribution < -0.4 is 0 Å². The first-order valence-corrected chi connectivity index (χ1v) is 19.6. The predicted octanol–water partition coefficient (Wildman–Crippen LogP) is 11.8. The van der Waals surface area contributed by atoms with Gasteiger partial charge >= 0.3 is 0 Å². The molecule has 0 unspecified atom stereocenters. The molecule has 0 aliphatic rings. The average Bonchev–Trinajstić information content (AvgIpc) is 3.95. The van der Waals surface area contributed by atoms with Gasteiger partial charge in [0.1, 0.15) is 11.6 Å². The van der Waals surface area contributed by atoms with E-state index in [-0.39, 0.29) is 0 Å².